The van der Waals surface area contributed by atoms with Crippen molar-refractivity contribution < 1.29 is 4.79 Å². The lowest BCUT2D eigenvalue weighted by Gasteiger charge is -2.40. The van der Waals surface area contributed by atoms with E-state index in [0.29, 0.717) is 12.0 Å². The summed E-state index contributed by atoms with van der Waals surface area (Å²) in [5, 5.41) is 0. The predicted octanol–water partition coefficient (Wildman–Crippen LogP) is 1.30. The van der Waals surface area contributed by atoms with Crippen LogP contribution in [0.1, 0.15) is 40.5 Å². The molecule has 0 aliphatic carbocycles. The fourth-order valence-electron chi connectivity index (χ4n) is 2.82. The first kappa shape index (κ1) is 15.4. The number of rotatable bonds is 5. The number of carbonyl (C=O) groups is 1. The normalized spacial score (nSPS) is 26.9. The smallest absolute Gasteiger partial charge is 0.239 e. The van der Waals surface area contributed by atoms with E-state index in [1.807, 2.05) is 25.7 Å². The summed E-state index contributed by atoms with van der Waals surface area (Å²) >= 11 is 0. The van der Waals surface area contributed by atoms with Crippen LogP contribution in [0.5, 0.6) is 0 Å². The van der Waals surface area contributed by atoms with E-state index in [9.17, 15) is 4.79 Å². The minimum absolute atomic E-state index is 0.00792. The molecular weight excluding hydrogens is 226 g/mol. The molecule has 1 heterocycles. The Balaban J connectivity index is 2.61. The van der Waals surface area contributed by atoms with Crippen molar-refractivity contribution in [1.82, 2.24) is 9.80 Å². The molecule has 1 amide bonds. The van der Waals surface area contributed by atoms with Crippen LogP contribution in [-0.2, 0) is 4.79 Å². The maximum atomic E-state index is 12.3. The monoisotopic (exact) mass is 255 g/mol. The lowest BCUT2D eigenvalue weighted by Crippen LogP contribution is -2.54. The number of carbonyl (C=O) groups excluding carboxylic acids is 1. The van der Waals surface area contributed by atoms with E-state index in [1.165, 1.54) is 0 Å². The molecule has 0 aromatic carbocycles. The average Bonchev–Trinajstić information content (AvgIpc) is 2.39. The minimum atomic E-state index is -0.00792. The van der Waals surface area contributed by atoms with Gasteiger partial charge in [0.05, 0.1) is 6.04 Å². The topological polar surface area (TPSA) is 49.6 Å². The third-order valence-corrected chi connectivity index (χ3v) is 4.33. The molecule has 4 nitrogen and oxygen atoms in total. The molecule has 106 valence electrons. The summed E-state index contributed by atoms with van der Waals surface area (Å²) in [6.07, 6.45) is 2.11. The summed E-state index contributed by atoms with van der Waals surface area (Å²) in [6.45, 7) is 11.8. The Morgan fingerprint density at radius 2 is 2.00 bits per heavy atom. The summed E-state index contributed by atoms with van der Waals surface area (Å²) in [5.74, 6) is 0.788. The van der Waals surface area contributed by atoms with Crippen LogP contribution in [0.2, 0.25) is 0 Å². The molecule has 1 saturated heterocycles. The zero-order chi connectivity index (χ0) is 13.7. The number of hydrogen-bond donors (Lipinski definition) is 1. The van der Waals surface area contributed by atoms with Gasteiger partial charge in [0.15, 0.2) is 0 Å². The van der Waals surface area contributed by atoms with Gasteiger partial charge in [0.2, 0.25) is 5.91 Å². The maximum absolute atomic E-state index is 12.3. The highest BCUT2D eigenvalue weighted by Gasteiger charge is 2.31. The Kier molecular flexibility index (Phi) is 6.09. The first-order chi connectivity index (χ1) is 8.54. The third-order valence-electron chi connectivity index (χ3n) is 4.33. The highest BCUT2D eigenvalue weighted by atomic mass is 16.2. The standard InChI is InChI=1S/C14H29N3O/c1-5-12-10-17(9-8-13(12)15)11(4)14(18)16(6-2)7-3/h11-13H,5-10,15H2,1-4H3. The molecule has 0 aromatic heterocycles. The minimum Gasteiger partial charge on any atom is -0.342 e. The van der Waals surface area contributed by atoms with E-state index in [-0.39, 0.29) is 11.9 Å². The van der Waals surface area contributed by atoms with Crippen molar-refractivity contribution >= 4 is 5.91 Å². The van der Waals surface area contributed by atoms with Gasteiger partial charge in [0, 0.05) is 32.2 Å². The molecule has 0 aromatic rings. The van der Waals surface area contributed by atoms with Crippen LogP contribution in [0.25, 0.3) is 0 Å². The molecular formula is C14H29N3O. The predicted molar refractivity (Wildman–Crippen MR) is 75.3 cm³/mol. The molecule has 3 unspecified atom stereocenters. The van der Waals surface area contributed by atoms with Gasteiger partial charge in [-0.05, 0) is 33.1 Å². The number of nitrogens with two attached hydrogens (primary N) is 1. The van der Waals surface area contributed by atoms with Gasteiger partial charge in [-0.25, -0.2) is 0 Å². The second-order valence-electron chi connectivity index (χ2n) is 5.30. The number of piperidine rings is 1. The Morgan fingerprint density at radius 1 is 1.39 bits per heavy atom. The number of likely N-dealkylation sites (tertiary alicyclic amines) is 1. The van der Waals surface area contributed by atoms with Gasteiger partial charge < -0.3 is 10.6 Å². The van der Waals surface area contributed by atoms with E-state index < -0.39 is 0 Å². The fourth-order valence-corrected chi connectivity index (χ4v) is 2.82. The summed E-state index contributed by atoms with van der Waals surface area (Å²) in [4.78, 5) is 16.6. The highest BCUT2D eigenvalue weighted by molar-refractivity contribution is 5.81. The molecule has 1 aliphatic rings. The lowest BCUT2D eigenvalue weighted by atomic mass is 9.90. The van der Waals surface area contributed by atoms with Crippen LogP contribution in [0, 0.1) is 5.92 Å². The van der Waals surface area contributed by atoms with E-state index in [0.717, 1.165) is 39.0 Å². The molecule has 0 spiro atoms. The third kappa shape index (κ3) is 3.45. The lowest BCUT2D eigenvalue weighted by molar-refractivity contribution is -0.136. The van der Waals surface area contributed by atoms with E-state index in [4.69, 9.17) is 5.73 Å². The van der Waals surface area contributed by atoms with E-state index in [1.54, 1.807) is 0 Å². The van der Waals surface area contributed by atoms with Crippen molar-refractivity contribution in [3.8, 4) is 0 Å². The van der Waals surface area contributed by atoms with Crippen LogP contribution in [0.15, 0.2) is 0 Å². The number of nitrogens with zero attached hydrogens (tertiary/aromatic N) is 2. The second-order valence-corrected chi connectivity index (χ2v) is 5.30. The Hall–Kier alpha value is -0.610. The zero-order valence-electron chi connectivity index (χ0n) is 12.4. The van der Waals surface area contributed by atoms with Crippen molar-refractivity contribution in [1.29, 1.82) is 0 Å². The summed E-state index contributed by atoms with van der Waals surface area (Å²) in [7, 11) is 0. The maximum Gasteiger partial charge on any atom is 0.239 e. The number of hydrogen-bond acceptors (Lipinski definition) is 3. The van der Waals surface area contributed by atoms with Gasteiger partial charge in [-0.1, -0.05) is 13.3 Å². The Labute approximate surface area is 111 Å². The van der Waals surface area contributed by atoms with Gasteiger partial charge in [-0.3, -0.25) is 9.69 Å². The van der Waals surface area contributed by atoms with Crippen molar-refractivity contribution in [2.75, 3.05) is 26.2 Å². The molecule has 0 bridgehead atoms. The average molecular weight is 255 g/mol. The van der Waals surface area contributed by atoms with Crippen molar-refractivity contribution in [3.63, 3.8) is 0 Å². The molecule has 2 N–H and O–H groups in total. The quantitative estimate of drug-likeness (QED) is 0.805. The highest BCUT2D eigenvalue weighted by Crippen LogP contribution is 2.21. The SMILES string of the molecule is CCC1CN(C(C)C(=O)N(CC)CC)CCC1N. The molecule has 0 saturated carbocycles. The van der Waals surface area contributed by atoms with Crippen LogP contribution in [-0.4, -0.2) is 54.0 Å². The van der Waals surface area contributed by atoms with Crippen LogP contribution in [0.3, 0.4) is 0 Å². The van der Waals surface area contributed by atoms with Gasteiger partial charge in [-0.15, -0.1) is 0 Å². The van der Waals surface area contributed by atoms with Gasteiger partial charge in [0.1, 0.15) is 0 Å². The van der Waals surface area contributed by atoms with Crippen molar-refractivity contribution in [2.45, 2.75) is 52.6 Å². The zero-order valence-corrected chi connectivity index (χ0v) is 12.4. The largest absolute Gasteiger partial charge is 0.342 e. The van der Waals surface area contributed by atoms with Crippen LogP contribution in [0.4, 0.5) is 0 Å². The summed E-state index contributed by atoms with van der Waals surface area (Å²) in [6, 6.07) is 0.299. The fraction of sp³-hybridized carbons (Fsp3) is 0.929. The summed E-state index contributed by atoms with van der Waals surface area (Å²) in [5.41, 5.74) is 6.12. The first-order valence-electron chi connectivity index (χ1n) is 7.33. The van der Waals surface area contributed by atoms with E-state index in [2.05, 4.69) is 11.8 Å². The Bertz CT molecular complexity index is 266. The molecule has 1 fully saturated rings. The molecule has 1 rings (SSSR count). The van der Waals surface area contributed by atoms with Crippen molar-refractivity contribution in [2.24, 2.45) is 11.7 Å². The number of amides is 1. The molecule has 4 heteroatoms. The molecule has 0 radical (unpaired) electrons. The van der Waals surface area contributed by atoms with Crippen molar-refractivity contribution in [3.05, 3.63) is 0 Å². The summed E-state index contributed by atoms with van der Waals surface area (Å²) < 4.78 is 0. The molecule has 18 heavy (non-hydrogen) atoms. The van der Waals surface area contributed by atoms with Gasteiger partial charge in [-0.2, -0.15) is 0 Å². The van der Waals surface area contributed by atoms with Crippen LogP contribution >= 0.6 is 0 Å². The van der Waals surface area contributed by atoms with Gasteiger partial charge >= 0.3 is 0 Å². The number of likely N-dealkylation sites (N-methyl/N-ethyl adjacent to an activating group) is 1. The van der Waals surface area contributed by atoms with Gasteiger partial charge in [0.25, 0.3) is 0 Å². The van der Waals surface area contributed by atoms with Crippen LogP contribution < -0.4 is 5.73 Å². The second kappa shape index (κ2) is 7.10. The molecule has 1 aliphatic heterocycles. The first-order valence-corrected chi connectivity index (χ1v) is 7.33. The molecule has 3 atom stereocenters. The Morgan fingerprint density at radius 3 is 2.50 bits per heavy atom. The van der Waals surface area contributed by atoms with E-state index >= 15 is 0 Å².